The van der Waals surface area contributed by atoms with Crippen LogP contribution in [0, 0.1) is 5.92 Å². The molecule has 0 aliphatic heterocycles. The van der Waals surface area contributed by atoms with Crippen molar-refractivity contribution in [2.45, 2.75) is 26.3 Å². The number of anilines is 1. The van der Waals surface area contributed by atoms with Crippen LogP contribution >= 0.6 is 0 Å². The molecule has 0 radical (unpaired) electrons. The van der Waals surface area contributed by atoms with E-state index >= 15 is 0 Å². The lowest BCUT2D eigenvalue weighted by molar-refractivity contribution is -0.121. The van der Waals surface area contributed by atoms with Gasteiger partial charge >= 0.3 is 0 Å². The first-order valence-electron chi connectivity index (χ1n) is 8.09. The first kappa shape index (κ1) is 16.8. The maximum atomic E-state index is 12.8. The van der Waals surface area contributed by atoms with Crippen molar-refractivity contribution in [3.63, 3.8) is 0 Å². The lowest BCUT2D eigenvalue weighted by Crippen LogP contribution is -2.31. The summed E-state index contributed by atoms with van der Waals surface area (Å²) in [5, 5.41) is 15.0. The van der Waals surface area contributed by atoms with Crippen molar-refractivity contribution in [3.8, 4) is 5.75 Å². The van der Waals surface area contributed by atoms with Crippen molar-refractivity contribution in [1.82, 2.24) is 25.2 Å². The predicted molar refractivity (Wildman–Crippen MR) is 93.2 cm³/mol. The number of nitrogens with one attached hydrogen (secondary N) is 1. The first-order chi connectivity index (χ1) is 12.1. The fourth-order valence-electron chi connectivity index (χ4n) is 2.67. The van der Waals surface area contributed by atoms with E-state index in [-0.39, 0.29) is 11.8 Å². The second-order valence-corrected chi connectivity index (χ2v) is 5.89. The van der Waals surface area contributed by atoms with E-state index in [2.05, 4.69) is 25.8 Å². The Bertz CT molecular complexity index is 865. The molecule has 130 valence electrons. The minimum atomic E-state index is -0.480. The first-order valence-corrected chi connectivity index (χ1v) is 8.09. The summed E-state index contributed by atoms with van der Waals surface area (Å²) in [5.41, 5.74) is 1.43. The molecule has 0 spiro atoms. The van der Waals surface area contributed by atoms with Gasteiger partial charge in [-0.3, -0.25) is 9.78 Å². The van der Waals surface area contributed by atoms with Crippen molar-refractivity contribution < 1.29 is 9.53 Å². The highest BCUT2D eigenvalue weighted by molar-refractivity contribution is 5.95. The Morgan fingerprint density at radius 2 is 2.20 bits per heavy atom. The third-order valence-corrected chi connectivity index (χ3v) is 4.26. The molecule has 0 fully saturated rings. The Kier molecular flexibility index (Phi) is 4.87. The molecule has 0 unspecified atom stereocenters. The van der Waals surface area contributed by atoms with Crippen LogP contribution < -0.4 is 10.1 Å². The van der Waals surface area contributed by atoms with Crippen LogP contribution in [0.4, 0.5) is 5.69 Å². The summed E-state index contributed by atoms with van der Waals surface area (Å²) in [6.07, 6.45) is 3.92. The van der Waals surface area contributed by atoms with Crippen LogP contribution in [-0.4, -0.2) is 38.2 Å². The van der Waals surface area contributed by atoms with Gasteiger partial charge in [0.15, 0.2) is 0 Å². The lowest BCUT2D eigenvalue weighted by Gasteiger charge is -2.21. The Balaban J connectivity index is 1.84. The fraction of sp³-hybridized carbons (Fsp3) is 0.353. The standard InChI is InChI=1S/C17H20N6O2/c1-4-11(2)16(23-10-19-21-22-23)17(24)20-13-7-12-5-6-14(25-3)8-15(12)18-9-13/h5-11,16H,4H2,1-3H3,(H,20,24)/t11-,16-/m0/s1. The SMILES string of the molecule is CC[C@H](C)[C@@H](C(=O)Nc1cnc2cc(OC)ccc2c1)n1cnnn1. The molecule has 1 aromatic carbocycles. The normalized spacial score (nSPS) is 13.4. The van der Waals surface area contributed by atoms with E-state index in [4.69, 9.17) is 4.74 Å². The highest BCUT2D eigenvalue weighted by atomic mass is 16.5. The Morgan fingerprint density at radius 1 is 1.36 bits per heavy atom. The number of benzene rings is 1. The molecule has 1 N–H and O–H groups in total. The van der Waals surface area contributed by atoms with Crippen LogP contribution in [0.2, 0.25) is 0 Å². The molecular formula is C17H20N6O2. The van der Waals surface area contributed by atoms with Gasteiger partial charge < -0.3 is 10.1 Å². The van der Waals surface area contributed by atoms with Crippen LogP contribution in [0.1, 0.15) is 26.3 Å². The van der Waals surface area contributed by atoms with Crippen molar-refractivity contribution >= 4 is 22.5 Å². The molecule has 2 aromatic heterocycles. The summed E-state index contributed by atoms with van der Waals surface area (Å²) < 4.78 is 6.69. The van der Waals surface area contributed by atoms with Gasteiger partial charge in [-0.15, -0.1) is 5.10 Å². The Labute approximate surface area is 145 Å². The van der Waals surface area contributed by atoms with Gasteiger partial charge in [-0.2, -0.15) is 0 Å². The van der Waals surface area contributed by atoms with Gasteiger partial charge in [-0.25, -0.2) is 4.68 Å². The summed E-state index contributed by atoms with van der Waals surface area (Å²) in [7, 11) is 1.61. The quantitative estimate of drug-likeness (QED) is 0.740. The van der Waals surface area contributed by atoms with Gasteiger partial charge in [0.2, 0.25) is 5.91 Å². The highest BCUT2D eigenvalue weighted by Gasteiger charge is 2.27. The molecule has 3 rings (SSSR count). The van der Waals surface area contributed by atoms with Crippen LogP contribution in [0.5, 0.6) is 5.75 Å². The van der Waals surface area contributed by atoms with Gasteiger partial charge in [-0.05, 0) is 34.5 Å². The largest absolute Gasteiger partial charge is 0.497 e. The summed E-state index contributed by atoms with van der Waals surface area (Å²) in [4.78, 5) is 17.2. The van der Waals surface area contributed by atoms with Crippen LogP contribution in [0.25, 0.3) is 10.9 Å². The average molecular weight is 340 g/mol. The van der Waals surface area contributed by atoms with Crippen LogP contribution in [0.15, 0.2) is 36.8 Å². The number of carbonyl (C=O) groups is 1. The Hall–Kier alpha value is -3.03. The molecular weight excluding hydrogens is 320 g/mol. The number of rotatable bonds is 6. The number of methoxy groups -OCH3 is 1. The predicted octanol–water partition coefficient (Wildman–Crippen LogP) is 2.46. The van der Waals surface area contributed by atoms with Crippen molar-refractivity contribution in [2.24, 2.45) is 5.92 Å². The fourth-order valence-corrected chi connectivity index (χ4v) is 2.67. The lowest BCUT2D eigenvalue weighted by atomic mass is 9.98. The number of carbonyl (C=O) groups excluding carboxylic acids is 1. The monoisotopic (exact) mass is 340 g/mol. The highest BCUT2D eigenvalue weighted by Crippen LogP contribution is 2.24. The smallest absolute Gasteiger partial charge is 0.249 e. The van der Waals surface area contributed by atoms with Gasteiger partial charge in [0.05, 0.1) is 24.5 Å². The maximum Gasteiger partial charge on any atom is 0.249 e. The number of nitrogens with zero attached hydrogens (tertiary/aromatic N) is 5. The number of aromatic nitrogens is 5. The molecule has 2 atom stereocenters. The van der Waals surface area contributed by atoms with E-state index in [0.29, 0.717) is 5.69 Å². The molecule has 0 saturated heterocycles. The maximum absolute atomic E-state index is 12.8. The van der Waals surface area contributed by atoms with Gasteiger partial charge in [-0.1, -0.05) is 20.3 Å². The number of hydrogen-bond donors (Lipinski definition) is 1. The van der Waals surface area contributed by atoms with Crippen LogP contribution in [-0.2, 0) is 4.79 Å². The van der Waals surface area contributed by atoms with E-state index < -0.39 is 6.04 Å². The number of hydrogen-bond acceptors (Lipinski definition) is 6. The molecule has 1 amide bonds. The Morgan fingerprint density at radius 3 is 2.88 bits per heavy atom. The zero-order valence-corrected chi connectivity index (χ0v) is 14.4. The molecule has 0 aliphatic carbocycles. The zero-order chi connectivity index (χ0) is 17.8. The van der Waals surface area contributed by atoms with Crippen molar-refractivity contribution in [1.29, 1.82) is 0 Å². The molecule has 8 heteroatoms. The number of pyridine rings is 1. The third-order valence-electron chi connectivity index (χ3n) is 4.26. The van der Waals surface area contributed by atoms with E-state index in [1.165, 1.54) is 11.0 Å². The number of tetrazole rings is 1. The third kappa shape index (κ3) is 3.57. The number of amides is 1. The summed E-state index contributed by atoms with van der Waals surface area (Å²) in [5.74, 6) is 0.657. The summed E-state index contributed by atoms with van der Waals surface area (Å²) in [6, 6.07) is 7.02. The summed E-state index contributed by atoms with van der Waals surface area (Å²) in [6.45, 7) is 4.02. The molecule has 0 bridgehead atoms. The van der Waals surface area contributed by atoms with Gasteiger partial charge in [0, 0.05) is 11.5 Å². The number of fused-ring (bicyclic) bond motifs is 1. The summed E-state index contributed by atoms with van der Waals surface area (Å²) >= 11 is 0. The van der Waals surface area contributed by atoms with E-state index in [9.17, 15) is 4.79 Å². The number of ether oxygens (including phenoxy) is 1. The zero-order valence-electron chi connectivity index (χ0n) is 14.4. The van der Waals surface area contributed by atoms with E-state index in [1.54, 1.807) is 13.3 Å². The van der Waals surface area contributed by atoms with E-state index in [0.717, 1.165) is 23.1 Å². The average Bonchev–Trinajstić information content (AvgIpc) is 3.15. The van der Waals surface area contributed by atoms with Crippen molar-refractivity contribution in [2.75, 3.05) is 12.4 Å². The van der Waals surface area contributed by atoms with E-state index in [1.807, 2.05) is 38.1 Å². The van der Waals surface area contributed by atoms with Crippen LogP contribution in [0.3, 0.4) is 0 Å². The topological polar surface area (TPSA) is 94.8 Å². The minimum absolute atomic E-state index is 0.0844. The second kappa shape index (κ2) is 7.25. The molecule has 25 heavy (non-hydrogen) atoms. The molecule has 8 nitrogen and oxygen atoms in total. The molecule has 2 heterocycles. The minimum Gasteiger partial charge on any atom is -0.497 e. The van der Waals surface area contributed by atoms with Gasteiger partial charge in [0.1, 0.15) is 18.1 Å². The molecule has 0 saturated carbocycles. The second-order valence-electron chi connectivity index (χ2n) is 5.89. The molecule has 3 aromatic rings. The van der Waals surface area contributed by atoms with Gasteiger partial charge in [0.25, 0.3) is 0 Å². The molecule has 0 aliphatic rings. The van der Waals surface area contributed by atoms with Crippen molar-refractivity contribution in [3.05, 3.63) is 36.8 Å².